The molecule has 24 heavy (non-hydrogen) atoms. The molecule has 7 nitrogen and oxygen atoms in total. The highest BCUT2D eigenvalue weighted by atomic mass is 35.5. The lowest BCUT2D eigenvalue weighted by molar-refractivity contribution is -0.385. The molecule has 1 aromatic rings. The molecule has 0 aliphatic carbocycles. The molecule has 0 bridgehead atoms. The average molecular weight is 378 g/mol. The van der Waals surface area contributed by atoms with Gasteiger partial charge in [-0.05, 0) is 50.7 Å². The van der Waals surface area contributed by atoms with Crippen LogP contribution in [0.5, 0.6) is 0 Å². The Balaban J connectivity index is 0.00000288. The molecule has 1 aromatic carbocycles. The van der Waals surface area contributed by atoms with E-state index in [0.29, 0.717) is 24.2 Å². The molecule has 0 radical (unpaired) electrons. The number of nitro groups is 1. The van der Waals surface area contributed by atoms with E-state index in [9.17, 15) is 18.5 Å². The number of benzene rings is 1. The molecule has 9 heteroatoms. The zero-order valence-corrected chi connectivity index (χ0v) is 15.7. The van der Waals surface area contributed by atoms with Crippen LogP contribution in [0.25, 0.3) is 0 Å². The third-order valence-electron chi connectivity index (χ3n) is 4.60. The lowest BCUT2D eigenvalue weighted by Crippen LogP contribution is -2.45. The molecule has 1 heterocycles. The van der Waals surface area contributed by atoms with Gasteiger partial charge in [-0.15, -0.1) is 12.4 Å². The monoisotopic (exact) mass is 377 g/mol. The van der Waals surface area contributed by atoms with E-state index in [0.717, 1.165) is 18.9 Å². The Labute approximate surface area is 148 Å². The first-order valence-corrected chi connectivity index (χ1v) is 9.10. The van der Waals surface area contributed by atoms with E-state index in [1.54, 1.807) is 13.8 Å². The SMILES string of the molecule is Cc1cc([N+](=O)[O-])cc(S(=O)(=O)N2CCCC(C(C)N)C2)c1C.Cl. The third-order valence-corrected chi connectivity index (χ3v) is 6.59. The van der Waals surface area contributed by atoms with Crippen molar-refractivity contribution in [2.24, 2.45) is 11.7 Å². The topological polar surface area (TPSA) is 107 Å². The number of hydrogen-bond acceptors (Lipinski definition) is 5. The van der Waals surface area contributed by atoms with E-state index in [4.69, 9.17) is 5.73 Å². The molecular formula is C15H24ClN3O4S. The largest absolute Gasteiger partial charge is 0.328 e. The van der Waals surface area contributed by atoms with E-state index in [1.807, 2.05) is 6.92 Å². The number of nitrogens with zero attached hydrogens (tertiary/aromatic N) is 2. The highest BCUT2D eigenvalue weighted by molar-refractivity contribution is 7.89. The van der Waals surface area contributed by atoms with Gasteiger partial charge in [0.25, 0.3) is 5.69 Å². The summed E-state index contributed by atoms with van der Waals surface area (Å²) in [5.74, 6) is 0.110. The number of sulfonamides is 1. The summed E-state index contributed by atoms with van der Waals surface area (Å²) in [4.78, 5) is 10.5. The molecule has 1 aliphatic heterocycles. The normalized spacial score (nSPS) is 20.2. The van der Waals surface area contributed by atoms with E-state index < -0.39 is 14.9 Å². The first-order chi connectivity index (χ1) is 10.6. The van der Waals surface area contributed by atoms with Crippen molar-refractivity contribution < 1.29 is 13.3 Å². The molecule has 2 atom stereocenters. The lowest BCUT2D eigenvalue weighted by Gasteiger charge is -2.34. The summed E-state index contributed by atoms with van der Waals surface area (Å²) in [6, 6.07) is 2.48. The fraction of sp³-hybridized carbons (Fsp3) is 0.600. The second kappa shape index (κ2) is 7.77. The van der Waals surface area contributed by atoms with E-state index in [1.165, 1.54) is 10.4 Å². The molecule has 2 rings (SSSR count). The van der Waals surface area contributed by atoms with Crippen LogP contribution >= 0.6 is 12.4 Å². The van der Waals surface area contributed by atoms with Crippen LogP contribution in [0, 0.1) is 29.9 Å². The minimum Gasteiger partial charge on any atom is -0.328 e. The maximum Gasteiger partial charge on any atom is 0.271 e. The van der Waals surface area contributed by atoms with Crippen LogP contribution in [0.15, 0.2) is 17.0 Å². The molecule has 2 unspecified atom stereocenters. The van der Waals surface area contributed by atoms with Gasteiger partial charge in [-0.25, -0.2) is 8.42 Å². The number of nitrogens with two attached hydrogens (primary N) is 1. The Kier molecular flexibility index (Phi) is 6.75. The summed E-state index contributed by atoms with van der Waals surface area (Å²) in [6.07, 6.45) is 1.65. The second-order valence-corrected chi connectivity index (χ2v) is 8.17. The van der Waals surface area contributed by atoms with Crippen LogP contribution in [-0.2, 0) is 10.0 Å². The quantitative estimate of drug-likeness (QED) is 0.640. The zero-order valence-electron chi connectivity index (χ0n) is 14.1. The Bertz CT molecular complexity index is 722. The van der Waals surface area contributed by atoms with Gasteiger partial charge in [0, 0.05) is 31.3 Å². The first-order valence-electron chi connectivity index (χ1n) is 7.66. The number of piperidine rings is 1. The molecule has 0 saturated carbocycles. The number of nitro benzene ring substituents is 1. The van der Waals surface area contributed by atoms with Crippen LogP contribution in [0.2, 0.25) is 0 Å². The van der Waals surface area contributed by atoms with Gasteiger partial charge in [0.15, 0.2) is 0 Å². The van der Waals surface area contributed by atoms with Gasteiger partial charge in [-0.3, -0.25) is 10.1 Å². The van der Waals surface area contributed by atoms with Gasteiger partial charge in [0.05, 0.1) is 9.82 Å². The summed E-state index contributed by atoms with van der Waals surface area (Å²) in [5, 5.41) is 11.0. The summed E-state index contributed by atoms with van der Waals surface area (Å²) in [7, 11) is -3.76. The predicted molar refractivity (Wildman–Crippen MR) is 95.0 cm³/mol. The Morgan fingerprint density at radius 2 is 2.00 bits per heavy atom. The number of aryl methyl sites for hydroxylation is 1. The minimum atomic E-state index is -3.76. The van der Waals surface area contributed by atoms with Gasteiger partial charge >= 0.3 is 0 Å². The lowest BCUT2D eigenvalue weighted by atomic mass is 9.93. The van der Waals surface area contributed by atoms with Gasteiger partial charge in [0.2, 0.25) is 10.0 Å². The Morgan fingerprint density at radius 1 is 1.38 bits per heavy atom. The van der Waals surface area contributed by atoms with E-state index in [2.05, 4.69) is 0 Å². The van der Waals surface area contributed by atoms with E-state index in [-0.39, 0.29) is 34.9 Å². The van der Waals surface area contributed by atoms with Crippen molar-refractivity contribution in [2.45, 2.75) is 44.6 Å². The van der Waals surface area contributed by atoms with Crippen molar-refractivity contribution in [2.75, 3.05) is 13.1 Å². The maximum absolute atomic E-state index is 13.0. The molecule has 1 aliphatic rings. The smallest absolute Gasteiger partial charge is 0.271 e. The van der Waals surface area contributed by atoms with Crippen LogP contribution < -0.4 is 5.73 Å². The van der Waals surface area contributed by atoms with Crippen LogP contribution in [0.3, 0.4) is 0 Å². The van der Waals surface area contributed by atoms with Crippen molar-refractivity contribution in [3.63, 3.8) is 0 Å². The number of non-ortho nitro benzene ring substituents is 1. The molecule has 0 amide bonds. The summed E-state index contributed by atoms with van der Waals surface area (Å²) in [5.41, 5.74) is 6.87. The van der Waals surface area contributed by atoms with Crippen molar-refractivity contribution in [3.05, 3.63) is 33.4 Å². The molecule has 136 valence electrons. The van der Waals surface area contributed by atoms with Crippen molar-refractivity contribution >= 4 is 28.1 Å². The predicted octanol–water partition coefficient (Wildman–Crippen LogP) is 2.38. The average Bonchev–Trinajstić information content (AvgIpc) is 2.49. The number of hydrogen-bond donors (Lipinski definition) is 1. The molecule has 0 aromatic heterocycles. The standard InChI is InChI=1S/C15H23N3O4S.ClH/c1-10-7-14(18(19)20)8-15(11(10)2)23(21,22)17-6-4-5-13(9-17)12(3)16;/h7-8,12-13H,4-6,9,16H2,1-3H3;1H. The first kappa shape index (κ1) is 20.8. The Hall–Kier alpha value is -1.22. The van der Waals surface area contributed by atoms with Gasteiger partial charge in [0.1, 0.15) is 0 Å². The highest BCUT2D eigenvalue weighted by Crippen LogP contribution is 2.30. The number of halogens is 1. The number of rotatable bonds is 4. The molecular weight excluding hydrogens is 354 g/mol. The zero-order chi connectivity index (χ0) is 17.4. The fourth-order valence-corrected chi connectivity index (χ4v) is 4.80. The molecule has 0 spiro atoms. The maximum atomic E-state index is 13.0. The summed E-state index contributed by atoms with van der Waals surface area (Å²) in [6.45, 7) is 6.03. The van der Waals surface area contributed by atoms with Gasteiger partial charge in [-0.1, -0.05) is 0 Å². The van der Waals surface area contributed by atoms with Crippen molar-refractivity contribution in [1.82, 2.24) is 4.31 Å². The van der Waals surface area contributed by atoms with Crippen LogP contribution in [-0.4, -0.2) is 36.8 Å². The summed E-state index contributed by atoms with van der Waals surface area (Å²) < 4.78 is 27.3. The van der Waals surface area contributed by atoms with Crippen molar-refractivity contribution in [1.29, 1.82) is 0 Å². The highest BCUT2D eigenvalue weighted by Gasteiger charge is 2.33. The minimum absolute atomic E-state index is 0. The van der Waals surface area contributed by atoms with Gasteiger partial charge in [-0.2, -0.15) is 4.31 Å². The van der Waals surface area contributed by atoms with Gasteiger partial charge < -0.3 is 5.73 Å². The second-order valence-electron chi connectivity index (χ2n) is 6.27. The molecule has 2 N–H and O–H groups in total. The molecule has 1 saturated heterocycles. The molecule has 1 fully saturated rings. The summed E-state index contributed by atoms with van der Waals surface area (Å²) >= 11 is 0. The van der Waals surface area contributed by atoms with E-state index >= 15 is 0 Å². The van der Waals surface area contributed by atoms with Crippen LogP contribution in [0.1, 0.15) is 30.9 Å². The van der Waals surface area contributed by atoms with Crippen molar-refractivity contribution in [3.8, 4) is 0 Å². The fourth-order valence-electron chi connectivity index (χ4n) is 2.94. The third kappa shape index (κ3) is 4.05. The van der Waals surface area contributed by atoms with Crippen LogP contribution in [0.4, 0.5) is 5.69 Å². The Morgan fingerprint density at radius 3 is 2.54 bits per heavy atom.